The van der Waals surface area contributed by atoms with Gasteiger partial charge in [-0.25, -0.2) is 4.98 Å². The second-order valence-corrected chi connectivity index (χ2v) is 4.87. The average Bonchev–Trinajstić information content (AvgIpc) is 2.92. The fourth-order valence-electron chi connectivity index (χ4n) is 1.59. The summed E-state index contributed by atoms with van der Waals surface area (Å²) in [7, 11) is 0. The molecule has 2 rings (SSSR count). The van der Waals surface area contributed by atoms with Gasteiger partial charge in [0.25, 0.3) is 0 Å². The molecule has 1 aromatic heterocycles. The minimum Gasteiger partial charge on any atom is -0.397 e. The number of nitrogen functional groups attached to an aromatic ring is 1. The summed E-state index contributed by atoms with van der Waals surface area (Å²) in [5, 5.41) is 0. The van der Waals surface area contributed by atoms with Crippen LogP contribution in [0.25, 0.3) is 0 Å². The van der Waals surface area contributed by atoms with Gasteiger partial charge in [0.2, 0.25) is 0 Å². The van der Waals surface area contributed by atoms with Crippen LogP contribution in [0.1, 0.15) is 30.5 Å². The van der Waals surface area contributed by atoms with Crippen LogP contribution in [-0.2, 0) is 6.42 Å². The number of aryl methyl sites for hydroxylation is 2. The molecule has 1 aliphatic rings. The van der Waals surface area contributed by atoms with Gasteiger partial charge in [-0.1, -0.05) is 12.8 Å². The van der Waals surface area contributed by atoms with Gasteiger partial charge in [0.1, 0.15) is 4.60 Å². The Labute approximate surface area is 93.0 Å². The lowest BCUT2D eigenvalue weighted by Gasteiger charge is -2.06. The van der Waals surface area contributed by atoms with Crippen LogP contribution in [0.2, 0.25) is 0 Å². The molecule has 0 aliphatic heterocycles. The van der Waals surface area contributed by atoms with E-state index in [1.807, 2.05) is 13.0 Å². The molecule has 0 atom stereocenters. The molecule has 14 heavy (non-hydrogen) atoms. The molecule has 0 saturated heterocycles. The fraction of sp³-hybridized carbons (Fsp3) is 0.545. The number of hydrogen-bond acceptors (Lipinski definition) is 2. The van der Waals surface area contributed by atoms with Gasteiger partial charge in [0.05, 0.1) is 11.4 Å². The van der Waals surface area contributed by atoms with E-state index in [1.54, 1.807) is 0 Å². The van der Waals surface area contributed by atoms with E-state index < -0.39 is 0 Å². The molecule has 0 amide bonds. The first kappa shape index (κ1) is 9.97. The Morgan fingerprint density at radius 1 is 1.57 bits per heavy atom. The molecule has 0 aromatic carbocycles. The lowest BCUT2D eigenvalue weighted by molar-refractivity contribution is 0.714. The number of anilines is 1. The van der Waals surface area contributed by atoms with Crippen LogP contribution in [0.15, 0.2) is 10.7 Å². The summed E-state index contributed by atoms with van der Waals surface area (Å²) in [6, 6.07) is 2.00. The van der Waals surface area contributed by atoms with Crippen molar-refractivity contribution in [3.8, 4) is 0 Å². The highest BCUT2D eigenvalue weighted by atomic mass is 79.9. The Morgan fingerprint density at radius 3 is 2.93 bits per heavy atom. The highest BCUT2D eigenvalue weighted by Crippen LogP contribution is 2.34. The zero-order valence-electron chi connectivity index (χ0n) is 8.39. The van der Waals surface area contributed by atoms with E-state index in [2.05, 4.69) is 20.9 Å². The van der Waals surface area contributed by atoms with E-state index in [0.29, 0.717) is 0 Å². The molecule has 1 saturated carbocycles. The molecule has 76 valence electrons. The molecule has 2 nitrogen and oxygen atoms in total. The second-order valence-electron chi connectivity index (χ2n) is 4.11. The Hall–Kier alpha value is -0.570. The van der Waals surface area contributed by atoms with Crippen LogP contribution in [0, 0.1) is 12.8 Å². The van der Waals surface area contributed by atoms with Gasteiger partial charge < -0.3 is 5.73 Å². The molecule has 2 N–H and O–H groups in total. The van der Waals surface area contributed by atoms with Gasteiger partial charge in [-0.05, 0) is 53.2 Å². The topological polar surface area (TPSA) is 38.9 Å². The number of nitrogens with two attached hydrogens (primary N) is 1. The standard InChI is InChI=1S/C11H15BrN2/c1-7-6-9(13)10(14-11(7)12)5-4-8-2-3-8/h6,8H,2-5,13H2,1H3. The number of halogens is 1. The van der Waals surface area contributed by atoms with Crippen LogP contribution < -0.4 is 5.73 Å². The van der Waals surface area contributed by atoms with Gasteiger partial charge in [-0.3, -0.25) is 0 Å². The first-order chi connectivity index (χ1) is 6.66. The largest absolute Gasteiger partial charge is 0.397 e. The average molecular weight is 255 g/mol. The smallest absolute Gasteiger partial charge is 0.109 e. The van der Waals surface area contributed by atoms with Crippen molar-refractivity contribution < 1.29 is 0 Å². The van der Waals surface area contributed by atoms with Crippen molar-refractivity contribution in [2.45, 2.75) is 32.6 Å². The SMILES string of the molecule is Cc1cc(N)c(CCC2CC2)nc1Br. The van der Waals surface area contributed by atoms with Gasteiger partial charge in [0.15, 0.2) is 0 Å². The predicted octanol–water partition coefficient (Wildman–Crippen LogP) is 3.08. The van der Waals surface area contributed by atoms with Crippen LogP contribution in [0.3, 0.4) is 0 Å². The van der Waals surface area contributed by atoms with Crippen LogP contribution in [0.5, 0.6) is 0 Å². The van der Waals surface area contributed by atoms with Gasteiger partial charge in [-0.2, -0.15) is 0 Å². The molecular formula is C11H15BrN2. The summed E-state index contributed by atoms with van der Waals surface area (Å²) in [5.41, 5.74) is 8.91. The quantitative estimate of drug-likeness (QED) is 0.843. The van der Waals surface area contributed by atoms with E-state index in [4.69, 9.17) is 5.73 Å². The minimum atomic E-state index is 0.839. The highest BCUT2D eigenvalue weighted by Gasteiger charge is 2.21. The molecule has 1 aromatic rings. The molecule has 0 spiro atoms. The van der Waals surface area contributed by atoms with Crippen molar-refractivity contribution in [1.29, 1.82) is 0 Å². The number of nitrogens with zero attached hydrogens (tertiary/aromatic N) is 1. The molecule has 3 heteroatoms. The third-order valence-electron chi connectivity index (χ3n) is 2.75. The maximum absolute atomic E-state index is 5.91. The van der Waals surface area contributed by atoms with Crippen LogP contribution in [-0.4, -0.2) is 4.98 Å². The summed E-state index contributed by atoms with van der Waals surface area (Å²) < 4.78 is 0.928. The van der Waals surface area contributed by atoms with Crippen molar-refractivity contribution in [2.75, 3.05) is 5.73 Å². The van der Waals surface area contributed by atoms with Crippen molar-refractivity contribution >= 4 is 21.6 Å². The lowest BCUT2D eigenvalue weighted by Crippen LogP contribution is -2.00. The third-order valence-corrected chi connectivity index (χ3v) is 3.55. The zero-order valence-corrected chi connectivity index (χ0v) is 9.97. The minimum absolute atomic E-state index is 0.839. The first-order valence-corrected chi connectivity index (χ1v) is 5.87. The van der Waals surface area contributed by atoms with E-state index in [-0.39, 0.29) is 0 Å². The van der Waals surface area contributed by atoms with E-state index in [1.165, 1.54) is 19.3 Å². The highest BCUT2D eigenvalue weighted by molar-refractivity contribution is 9.10. The van der Waals surface area contributed by atoms with Gasteiger partial charge in [-0.15, -0.1) is 0 Å². The molecule has 1 fully saturated rings. The Bertz CT molecular complexity index is 345. The summed E-state index contributed by atoms with van der Waals surface area (Å²) in [5.74, 6) is 0.941. The van der Waals surface area contributed by atoms with E-state index in [0.717, 1.165) is 33.9 Å². The molecule has 0 bridgehead atoms. The summed E-state index contributed by atoms with van der Waals surface area (Å²) in [4.78, 5) is 4.46. The van der Waals surface area contributed by atoms with Crippen molar-refractivity contribution in [3.05, 3.63) is 21.9 Å². The normalized spacial score (nSPS) is 15.9. The number of aromatic nitrogens is 1. The molecule has 0 radical (unpaired) electrons. The van der Waals surface area contributed by atoms with E-state index >= 15 is 0 Å². The predicted molar refractivity (Wildman–Crippen MR) is 62.1 cm³/mol. The maximum Gasteiger partial charge on any atom is 0.109 e. The zero-order chi connectivity index (χ0) is 10.1. The summed E-state index contributed by atoms with van der Waals surface area (Å²) in [6.45, 7) is 2.01. The van der Waals surface area contributed by atoms with Gasteiger partial charge >= 0.3 is 0 Å². The van der Waals surface area contributed by atoms with Crippen LogP contribution in [0.4, 0.5) is 5.69 Å². The first-order valence-electron chi connectivity index (χ1n) is 5.08. The Kier molecular flexibility index (Phi) is 2.77. The van der Waals surface area contributed by atoms with Crippen molar-refractivity contribution in [2.24, 2.45) is 5.92 Å². The maximum atomic E-state index is 5.91. The molecule has 0 unspecified atom stereocenters. The number of rotatable bonds is 3. The van der Waals surface area contributed by atoms with Gasteiger partial charge in [0, 0.05) is 0 Å². The Morgan fingerprint density at radius 2 is 2.29 bits per heavy atom. The second kappa shape index (κ2) is 3.89. The van der Waals surface area contributed by atoms with Crippen molar-refractivity contribution in [3.63, 3.8) is 0 Å². The molecule has 1 aliphatic carbocycles. The molecular weight excluding hydrogens is 240 g/mol. The van der Waals surface area contributed by atoms with E-state index in [9.17, 15) is 0 Å². The fourth-order valence-corrected chi connectivity index (χ4v) is 1.92. The Balaban J connectivity index is 2.10. The van der Waals surface area contributed by atoms with Crippen LogP contribution >= 0.6 is 15.9 Å². The molecule has 1 heterocycles. The third kappa shape index (κ3) is 2.27. The summed E-state index contributed by atoms with van der Waals surface area (Å²) >= 11 is 3.44. The monoisotopic (exact) mass is 254 g/mol. The van der Waals surface area contributed by atoms with Crippen molar-refractivity contribution in [1.82, 2.24) is 4.98 Å². The lowest BCUT2D eigenvalue weighted by atomic mass is 10.1. The number of pyridine rings is 1. The number of hydrogen-bond donors (Lipinski definition) is 1. The summed E-state index contributed by atoms with van der Waals surface area (Å²) in [6.07, 6.45) is 5.06.